The average Bonchev–Trinajstić information content (AvgIpc) is 2.92. The molecule has 1 fully saturated rings. The number of halogens is 1. The van der Waals surface area contributed by atoms with Crippen molar-refractivity contribution in [1.29, 1.82) is 0 Å². The van der Waals surface area contributed by atoms with Crippen LogP contribution in [0.2, 0.25) is 0 Å². The molecule has 1 aliphatic rings. The molecule has 2 N–H and O–H groups in total. The van der Waals surface area contributed by atoms with Crippen LogP contribution < -0.4 is 0 Å². The molecule has 118 valence electrons. The summed E-state index contributed by atoms with van der Waals surface area (Å²) in [5.41, 5.74) is -2.18. The Kier molecular flexibility index (Phi) is 3.51. The van der Waals surface area contributed by atoms with Gasteiger partial charge in [0.15, 0.2) is 0 Å². The Morgan fingerprint density at radius 2 is 2.00 bits per heavy atom. The molecule has 3 rings (SSSR count). The Bertz CT molecular complexity index is 738. The zero-order valence-corrected chi connectivity index (χ0v) is 13.3. The smallest absolute Gasteiger partial charge is 0.255 e. The summed E-state index contributed by atoms with van der Waals surface area (Å²) < 4.78 is 14.4. The largest absolute Gasteiger partial charge is 0.387 e. The van der Waals surface area contributed by atoms with E-state index < -0.39 is 11.2 Å². The Labute approximate surface area is 131 Å². The van der Waals surface area contributed by atoms with Crippen LogP contribution in [0.15, 0.2) is 23.6 Å². The van der Waals surface area contributed by atoms with Gasteiger partial charge in [-0.1, -0.05) is 0 Å². The lowest BCUT2D eigenvalue weighted by atomic mass is 9.79. The van der Waals surface area contributed by atoms with Crippen LogP contribution >= 0.6 is 11.3 Å². The zero-order valence-electron chi connectivity index (χ0n) is 12.5. The fraction of sp³-hybridized carbons (Fsp3) is 0.438. The first-order chi connectivity index (χ1) is 10.2. The number of thiophene rings is 1. The van der Waals surface area contributed by atoms with Gasteiger partial charge in [-0.3, -0.25) is 4.79 Å². The maximum atomic E-state index is 13.7. The van der Waals surface area contributed by atoms with E-state index in [9.17, 15) is 19.4 Å². The van der Waals surface area contributed by atoms with Gasteiger partial charge in [-0.05, 0) is 43.8 Å². The van der Waals surface area contributed by atoms with Gasteiger partial charge >= 0.3 is 0 Å². The molecule has 0 spiro atoms. The summed E-state index contributed by atoms with van der Waals surface area (Å²) in [4.78, 5) is 14.3. The van der Waals surface area contributed by atoms with E-state index in [1.165, 1.54) is 35.3 Å². The average molecular weight is 323 g/mol. The predicted octanol–water partition coefficient (Wildman–Crippen LogP) is 2.39. The first-order valence-corrected chi connectivity index (χ1v) is 8.01. The fourth-order valence-corrected chi connectivity index (χ4v) is 3.70. The quantitative estimate of drug-likeness (QED) is 0.847. The molecule has 0 unspecified atom stereocenters. The Morgan fingerprint density at radius 3 is 2.68 bits per heavy atom. The summed E-state index contributed by atoms with van der Waals surface area (Å²) in [6, 6.07) is 4.43. The summed E-state index contributed by atoms with van der Waals surface area (Å²) >= 11 is 1.32. The molecule has 1 aliphatic heterocycles. The van der Waals surface area contributed by atoms with Crippen LogP contribution in [-0.2, 0) is 0 Å². The van der Waals surface area contributed by atoms with Gasteiger partial charge in [-0.2, -0.15) is 0 Å². The minimum Gasteiger partial charge on any atom is -0.387 e. The second-order valence-corrected chi connectivity index (χ2v) is 7.20. The summed E-state index contributed by atoms with van der Waals surface area (Å²) in [6.45, 7) is 3.50. The van der Waals surface area contributed by atoms with Crippen LogP contribution in [0, 0.1) is 5.82 Å². The number of hydrogen-bond donors (Lipinski definition) is 2. The Morgan fingerprint density at radius 1 is 1.27 bits per heavy atom. The summed E-state index contributed by atoms with van der Waals surface area (Å²) in [5, 5.41) is 22.8. The highest BCUT2D eigenvalue weighted by Crippen LogP contribution is 2.33. The number of rotatable bonds is 1. The SMILES string of the molecule is C[C@]1(O)CN(C(=O)c2ccc(F)c3ccsc23)CC[C@@]1(C)O. The highest BCUT2D eigenvalue weighted by molar-refractivity contribution is 7.17. The number of hydrogen-bond acceptors (Lipinski definition) is 4. The van der Waals surface area contributed by atoms with Crippen LogP contribution in [0.3, 0.4) is 0 Å². The van der Waals surface area contributed by atoms with Crippen molar-refractivity contribution in [3.8, 4) is 0 Å². The van der Waals surface area contributed by atoms with Gasteiger partial charge in [-0.25, -0.2) is 4.39 Å². The predicted molar refractivity (Wildman–Crippen MR) is 83.6 cm³/mol. The van der Waals surface area contributed by atoms with Crippen molar-refractivity contribution in [2.75, 3.05) is 13.1 Å². The number of carbonyl (C=O) groups excluding carboxylic acids is 1. The maximum Gasteiger partial charge on any atom is 0.255 e. The minimum absolute atomic E-state index is 0.0447. The van der Waals surface area contributed by atoms with Crippen molar-refractivity contribution in [1.82, 2.24) is 4.90 Å². The van der Waals surface area contributed by atoms with Gasteiger partial charge in [-0.15, -0.1) is 11.3 Å². The second kappa shape index (κ2) is 5.01. The molecule has 2 aromatic rings. The number of piperidine rings is 1. The Balaban J connectivity index is 1.94. The molecule has 1 aromatic heterocycles. The van der Waals surface area contributed by atoms with Crippen LogP contribution in [0.1, 0.15) is 30.6 Å². The molecular formula is C16H18FNO3S. The van der Waals surface area contributed by atoms with Gasteiger partial charge in [0.05, 0.1) is 17.7 Å². The third-order valence-electron chi connectivity index (χ3n) is 4.61. The third kappa shape index (κ3) is 2.31. The first-order valence-electron chi connectivity index (χ1n) is 7.13. The molecular weight excluding hydrogens is 305 g/mol. The van der Waals surface area contributed by atoms with Crippen LogP contribution in [-0.4, -0.2) is 45.3 Å². The molecule has 1 amide bonds. The number of β-amino-alcohol motifs (C(OH)–C–C–N with tert-alkyl or cyclic N) is 1. The monoisotopic (exact) mass is 323 g/mol. The maximum absolute atomic E-state index is 13.7. The van der Waals surface area contributed by atoms with Gasteiger partial charge in [0.2, 0.25) is 0 Å². The van der Waals surface area contributed by atoms with Crippen molar-refractivity contribution >= 4 is 27.3 Å². The molecule has 1 aromatic carbocycles. The van der Waals surface area contributed by atoms with Crippen molar-refractivity contribution < 1.29 is 19.4 Å². The summed E-state index contributed by atoms with van der Waals surface area (Å²) in [7, 11) is 0. The minimum atomic E-state index is -1.38. The molecule has 2 heterocycles. The number of benzene rings is 1. The number of aliphatic hydroxyl groups is 2. The molecule has 22 heavy (non-hydrogen) atoms. The lowest BCUT2D eigenvalue weighted by molar-refractivity contribution is -0.163. The zero-order chi connectivity index (χ0) is 16.1. The third-order valence-corrected chi connectivity index (χ3v) is 5.56. The number of amides is 1. The molecule has 2 atom stereocenters. The standard InChI is InChI=1S/C16H18FNO3S/c1-15(20)6-7-18(9-16(15,2)21)14(19)11-3-4-12(17)10-5-8-22-13(10)11/h3-5,8,20-21H,6-7,9H2,1-2H3/t15-,16+/m1/s1. The van der Waals surface area contributed by atoms with Gasteiger partial charge in [0.25, 0.3) is 5.91 Å². The van der Waals surface area contributed by atoms with Crippen molar-refractivity contribution in [3.63, 3.8) is 0 Å². The van der Waals surface area contributed by atoms with Crippen LogP contribution in [0.4, 0.5) is 4.39 Å². The van der Waals surface area contributed by atoms with Gasteiger partial charge < -0.3 is 15.1 Å². The van der Waals surface area contributed by atoms with E-state index in [0.29, 0.717) is 28.6 Å². The van der Waals surface area contributed by atoms with E-state index in [-0.39, 0.29) is 18.3 Å². The van der Waals surface area contributed by atoms with Crippen molar-refractivity contribution in [2.24, 2.45) is 0 Å². The summed E-state index contributed by atoms with van der Waals surface area (Å²) in [5.74, 6) is -0.593. The van der Waals surface area contributed by atoms with Crippen molar-refractivity contribution in [3.05, 3.63) is 35.0 Å². The highest BCUT2D eigenvalue weighted by atomic mass is 32.1. The molecule has 4 nitrogen and oxygen atoms in total. The van der Waals surface area contributed by atoms with Gasteiger partial charge in [0, 0.05) is 16.6 Å². The number of nitrogens with zero attached hydrogens (tertiary/aromatic N) is 1. The molecule has 6 heteroatoms. The van der Waals surface area contributed by atoms with E-state index >= 15 is 0 Å². The number of likely N-dealkylation sites (tertiary alicyclic amines) is 1. The summed E-state index contributed by atoms with van der Waals surface area (Å²) in [6.07, 6.45) is 0.292. The molecule has 0 radical (unpaired) electrons. The van der Waals surface area contributed by atoms with E-state index in [1.807, 2.05) is 0 Å². The molecule has 0 aliphatic carbocycles. The highest BCUT2D eigenvalue weighted by Gasteiger charge is 2.47. The fourth-order valence-electron chi connectivity index (χ4n) is 2.78. The lowest BCUT2D eigenvalue weighted by Crippen LogP contribution is -2.62. The van der Waals surface area contributed by atoms with Crippen LogP contribution in [0.5, 0.6) is 0 Å². The molecule has 0 saturated carbocycles. The van der Waals surface area contributed by atoms with Crippen molar-refractivity contribution in [2.45, 2.75) is 31.5 Å². The van der Waals surface area contributed by atoms with E-state index in [0.717, 1.165) is 0 Å². The lowest BCUT2D eigenvalue weighted by Gasteiger charge is -2.47. The number of fused-ring (bicyclic) bond motifs is 1. The van der Waals surface area contributed by atoms with Gasteiger partial charge in [0.1, 0.15) is 11.4 Å². The normalized spacial score (nSPS) is 29.0. The van der Waals surface area contributed by atoms with E-state index in [1.54, 1.807) is 18.4 Å². The Hall–Kier alpha value is -1.50. The number of carbonyl (C=O) groups is 1. The van der Waals surface area contributed by atoms with E-state index in [4.69, 9.17) is 0 Å². The topological polar surface area (TPSA) is 60.8 Å². The molecule has 0 bridgehead atoms. The second-order valence-electron chi connectivity index (χ2n) is 6.28. The van der Waals surface area contributed by atoms with E-state index in [2.05, 4.69) is 0 Å². The van der Waals surface area contributed by atoms with Crippen LogP contribution in [0.25, 0.3) is 10.1 Å². The first kappa shape index (κ1) is 15.4. The molecule has 1 saturated heterocycles.